The summed E-state index contributed by atoms with van der Waals surface area (Å²) >= 11 is 1.64. The smallest absolute Gasteiger partial charge is 0.224 e. The summed E-state index contributed by atoms with van der Waals surface area (Å²) in [7, 11) is 1.81. The lowest BCUT2D eigenvalue weighted by atomic mass is 10.0. The van der Waals surface area contributed by atoms with Crippen molar-refractivity contribution in [2.45, 2.75) is 32.4 Å². The molecule has 0 bridgehead atoms. The average Bonchev–Trinajstić information content (AvgIpc) is 2.53. The Morgan fingerprint density at radius 1 is 1.60 bits per heavy atom. The van der Waals surface area contributed by atoms with Gasteiger partial charge < -0.3 is 10.6 Å². The Kier molecular flexibility index (Phi) is 3.88. The molecule has 0 saturated carbocycles. The molecule has 15 heavy (non-hydrogen) atoms. The number of hydrogen-bond acceptors (Lipinski definition) is 3. The number of carbonyl (C=O) groups is 1. The van der Waals surface area contributed by atoms with E-state index in [2.05, 4.69) is 5.38 Å². The Hall–Kier alpha value is -0.870. The van der Waals surface area contributed by atoms with E-state index in [1.165, 1.54) is 5.56 Å². The molecule has 2 N–H and O–H groups in total. The number of rotatable bonds is 4. The van der Waals surface area contributed by atoms with Crippen LogP contribution in [0.1, 0.15) is 25.8 Å². The van der Waals surface area contributed by atoms with Crippen LogP contribution in [0.15, 0.2) is 16.8 Å². The lowest BCUT2D eigenvalue weighted by molar-refractivity contribution is -0.131. The van der Waals surface area contributed by atoms with Crippen molar-refractivity contribution >= 4 is 17.2 Å². The van der Waals surface area contributed by atoms with Gasteiger partial charge in [0, 0.05) is 25.6 Å². The molecule has 0 spiro atoms. The normalized spacial score (nSPS) is 11.5. The summed E-state index contributed by atoms with van der Waals surface area (Å²) in [6.07, 6.45) is 0.383. The fourth-order valence-electron chi connectivity index (χ4n) is 1.27. The van der Waals surface area contributed by atoms with E-state index >= 15 is 0 Å². The molecule has 1 aromatic rings. The molecule has 0 unspecified atom stereocenters. The van der Waals surface area contributed by atoms with Crippen LogP contribution in [-0.4, -0.2) is 23.4 Å². The summed E-state index contributed by atoms with van der Waals surface area (Å²) < 4.78 is 0. The summed E-state index contributed by atoms with van der Waals surface area (Å²) in [5.74, 6) is 0.0914. The van der Waals surface area contributed by atoms with Gasteiger partial charge in [-0.3, -0.25) is 4.79 Å². The van der Waals surface area contributed by atoms with Crippen LogP contribution in [0, 0.1) is 0 Å². The highest BCUT2D eigenvalue weighted by atomic mass is 32.1. The Bertz CT molecular complexity index is 314. The maximum atomic E-state index is 11.7. The molecule has 1 rings (SSSR count). The maximum Gasteiger partial charge on any atom is 0.224 e. The molecular formula is C11H18N2OS. The molecule has 0 aliphatic carbocycles. The van der Waals surface area contributed by atoms with Crippen molar-refractivity contribution in [1.29, 1.82) is 0 Å². The molecule has 0 atom stereocenters. The monoisotopic (exact) mass is 226 g/mol. The molecule has 3 nitrogen and oxygen atoms in total. The number of hydrogen-bond donors (Lipinski definition) is 1. The van der Waals surface area contributed by atoms with Gasteiger partial charge in [0.15, 0.2) is 0 Å². The van der Waals surface area contributed by atoms with Gasteiger partial charge >= 0.3 is 0 Å². The van der Waals surface area contributed by atoms with Gasteiger partial charge in [-0.1, -0.05) is 0 Å². The zero-order valence-corrected chi connectivity index (χ0v) is 10.3. The quantitative estimate of drug-likeness (QED) is 0.851. The summed E-state index contributed by atoms with van der Waals surface area (Å²) in [5.41, 5.74) is 6.54. The fourth-order valence-corrected chi connectivity index (χ4v) is 1.93. The van der Waals surface area contributed by atoms with Crippen LogP contribution in [-0.2, 0) is 11.3 Å². The van der Waals surface area contributed by atoms with E-state index in [4.69, 9.17) is 5.73 Å². The maximum absolute atomic E-state index is 11.7. The van der Waals surface area contributed by atoms with E-state index in [1.807, 2.05) is 32.3 Å². The van der Waals surface area contributed by atoms with Crippen molar-refractivity contribution in [3.63, 3.8) is 0 Å². The minimum Gasteiger partial charge on any atom is -0.341 e. The van der Waals surface area contributed by atoms with Crippen LogP contribution >= 0.6 is 11.3 Å². The van der Waals surface area contributed by atoms with Gasteiger partial charge in [0.05, 0.1) is 0 Å². The number of amides is 1. The zero-order chi connectivity index (χ0) is 11.5. The van der Waals surface area contributed by atoms with Crippen molar-refractivity contribution in [2.75, 3.05) is 7.05 Å². The Morgan fingerprint density at radius 3 is 2.73 bits per heavy atom. The van der Waals surface area contributed by atoms with Crippen molar-refractivity contribution in [3.05, 3.63) is 22.4 Å². The third kappa shape index (κ3) is 4.44. The van der Waals surface area contributed by atoms with Crippen LogP contribution in [0.25, 0.3) is 0 Å². The summed E-state index contributed by atoms with van der Waals surface area (Å²) in [5, 5.41) is 4.07. The van der Waals surface area contributed by atoms with Crippen LogP contribution in [0.5, 0.6) is 0 Å². The molecule has 1 amide bonds. The van der Waals surface area contributed by atoms with E-state index in [0.29, 0.717) is 13.0 Å². The molecule has 1 aromatic heterocycles. The van der Waals surface area contributed by atoms with Crippen LogP contribution in [0.2, 0.25) is 0 Å². The Labute approximate surface area is 94.9 Å². The minimum absolute atomic E-state index is 0.0914. The van der Waals surface area contributed by atoms with Gasteiger partial charge in [-0.15, -0.1) is 0 Å². The minimum atomic E-state index is -0.431. The lowest BCUT2D eigenvalue weighted by Gasteiger charge is -2.23. The van der Waals surface area contributed by atoms with Gasteiger partial charge in [0.2, 0.25) is 5.91 Å². The van der Waals surface area contributed by atoms with Crippen molar-refractivity contribution in [3.8, 4) is 0 Å². The standard InChI is InChI=1S/C11H18N2OS/c1-11(2,12)6-10(14)13(3)7-9-4-5-15-8-9/h4-5,8H,6-7,12H2,1-3H3. The molecule has 4 heteroatoms. The molecular weight excluding hydrogens is 208 g/mol. The molecule has 0 aromatic carbocycles. The van der Waals surface area contributed by atoms with E-state index in [9.17, 15) is 4.79 Å². The van der Waals surface area contributed by atoms with Crippen LogP contribution in [0.4, 0.5) is 0 Å². The van der Waals surface area contributed by atoms with Gasteiger partial charge in [0.25, 0.3) is 0 Å². The molecule has 0 fully saturated rings. The highest BCUT2D eigenvalue weighted by Crippen LogP contribution is 2.11. The SMILES string of the molecule is CN(Cc1ccsc1)C(=O)CC(C)(C)N. The third-order valence-electron chi connectivity index (χ3n) is 2.03. The Balaban J connectivity index is 2.47. The van der Waals surface area contributed by atoms with Gasteiger partial charge in [-0.05, 0) is 36.2 Å². The number of nitrogens with zero attached hydrogens (tertiary/aromatic N) is 1. The van der Waals surface area contributed by atoms with Crippen molar-refractivity contribution in [2.24, 2.45) is 5.73 Å². The second kappa shape index (κ2) is 4.77. The third-order valence-corrected chi connectivity index (χ3v) is 2.76. The second-order valence-electron chi connectivity index (χ2n) is 4.55. The first kappa shape index (κ1) is 12.2. The molecule has 1 heterocycles. The highest BCUT2D eigenvalue weighted by molar-refractivity contribution is 7.07. The molecule has 0 aliphatic rings. The predicted molar refractivity (Wildman–Crippen MR) is 63.7 cm³/mol. The van der Waals surface area contributed by atoms with Crippen molar-refractivity contribution < 1.29 is 4.79 Å². The summed E-state index contributed by atoms with van der Waals surface area (Å²) in [6.45, 7) is 4.39. The number of nitrogens with two attached hydrogens (primary N) is 1. The molecule has 84 valence electrons. The number of carbonyl (C=O) groups excluding carboxylic acids is 1. The topological polar surface area (TPSA) is 46.3 Å². The molecule has 0 radical (unpaired) electrons. The van der Waals surface area contributed by atoms with E-state index in [0.717, 1.165) is 0 Å². The van der Waals surface area contributed by atoms with Crippen LogP contribution < -0.4 is 5.73 Å². The van der Waals surface area contributed by atoms with E-state index in [-0.39, 0.29) is 5.91 Å². The van der Waals surface area contributed by atoms with E-state index in [1.54, 1.807) is 16.2 Å². The predicted octanol–water partition coefficient (Wildman–Crippen LogP) is 1.83. The summed E-state index contributed by atoms with van der Waals surface area (Å²) in [6, 6.07) is 2.03. The van der Waals surface area contributed by atoms with Crippen molar-refractivity contribution in [1.82, 2.24) is 4.90 Å². The highest BCUT2D eigenvalue weighted by Gasteiger charge is 2.19. The van der Waals surface area contributed by atoms with E-state index < -0.39 is 5.54 Å². The second-order valence-corrected chi connectivity index (χ2v) is 5.33. The Morgan fingerprint density at radius 2 is 2.27 bits per heavy atom. The molecule has 0 aliphatic heterocycles. The largest absolute Gasteiger partial charge is 0.341 e. The number of thiophene rings is 1. The van der Waals surface area contributed by atoms with Crippen LogP contribution in [0.3, 0.4) is 0 Å². The van der Waals surface area contributed by atoms with Gasteiger partial charge in [0.1, 0.15) is 0 Å². The summed E-state index contributed by atoms with van der Waals surface area (Å²) in [4.78, 5) is 13.5. The average molecular weight is 226 g/mol. The zero-order valence-electron chi connectivity index (χ0n) is 9.49. The lowest BCUT2D eigenvalue weighted by Crippen LogP contribution is -2.39. The fraction of sp³-hybridized carbons (Fsp3) is 0.545. The van der Waals surface area contributed by atoms with Gasteiger partial charge in [-0.2, -0.15) is 11.3 Å². The first-order valence-corrected chi connectivity index (χ1v) is 5.87. The first-order valence-electron chi connectivity index (χ1n) is 4.92. The molecule has 0 saturated heterocycles. The first-order chi connectivity index (χ1) is 6.88. The van der Waals surface area contributed by atoms with Gasteiger partial charge in [-0.25, -0.2) is 0 Å².